The number of nitriles is 1. The van der Waals surface area contributed by atoms with Gasteiger partial charge in [-0.3, -0.25) is 0 Å². The molecule has 0 radical (unpaired) electrons. The van der Waals surface area contributed by atoms with Crippen LogP contribution in [0.5, 0.6) is 0 Å². The van der Waals surface area contributed by atoms with Gasteiger partial charge in [0.15, 0.2) is 6.20 Å². The van der Waals surface area contributed by atoms with Crippen molar-refractivity contribution in [3.8, 4) is 28.5 Å². The van der Waals surface area contributed by atoms with Crippen molar-refractivity contribution in [1.29, 1.82) is 5.26 Å². The fourth-order valence-corrected chi connectivity index (χ4v) is 7.61. The third-order valence-corrected chi connectivity index (χ3v) is 9.64. The zero-order valence-corrected chi connectivity index (χ0v) is 22.9. The molecule has 0 bridgehead atoms. The van der Waals surface area contributed by atoms with Crippen molar-refractivity contribution >= 4 is 21.9 Å². The van der Waals surface area contributed by atoms with Gasteiger partial charge < -0.3 is 4.42 Å². The van der Waals surface area contributed by atoms with Crippen molar-refractivity contribution in [2.45, 2.75) is 57.8 Å². The molecular formula is C36H35N2O+. The van der Waals surface area contributed by atoms with E-state index in [1.165, 1.54) is 56.1 Å². The van der Waals surface area contributed by atoms with Gasteiger partial charge in [0.05, 0.1) is 17.2 Å². The minimum atomic E-state index is 0.608. The molecule has 39 heavy (non-hydrogen) atoms. The van der Waals surface area contributed by atoms with E-state index >= 15 is 0 Å². The number of nitrogens with zero attached hydrogens (tertiary/aromatic N) is 2. The van der Waals surface area contributed by atoms with Crippen LogP contribution in [0, 0.1) is 30.1 Å². The van der Waals surface area contributed by atoms with Crippen molar-refractivity contribution in [3.05, 3.63) is 89.6 Å². The highest BCUT2D eigenvalue weighted by atomic mass is 16.3. The van der Waals surface area contributed by atoms with Crippen LogP contribution >= 0.6 is 0 Å². The Morgan fingerprint density at radius 3 is 2.44 bits per heavy atom. The second kappa shape index (κ2) is 9.69. The van der Waals surface area contributed by atoms with Gasteiger partial charge in [-0.15, -0.1) is 0 Å². The van der Waals surface area contributed by atoms with E-state index in [9.17, 15) is 5.26 Å². The lowest BCUT2D eigenvalue weighted by atomic mass is 9.66. The number of hydrogen-bond acceptors (Lipinski definition) is 2. The lowest BCUT2D eigenvalue weighted by molar-refractivity contribution is -0.660. The van der Waals surface area contributed by atoms with Crippen molar-refractivity contribution in [2.24, 2.45) is 18.9 Å². The Bertz CT molecular complexity index is 1750. The van der Waals surface area contributed by atoms with Gasteiger partial charge in [-0.2, -0.15) is 5.26 Å². The highest BCUT2D eigenvalue weighted by Gasteiger charge is 2.33. The van der Waals surface area contributed by atoms with Gasteiger partial charge in [0.2, 0.25) is 5.69 Å². The van der Waals surface area contributed by atoms with Crippen LogP contribution in [0.3, 0.4) is 0 Å². The third kappa shape index (κ3) is 4.05. The van der Waals surface area contributed by atoms with E-state index in [0.717, 1.165) is 56.2 Å². The summed E-state index contributed by atoms with van der Waals surface area (Å²) in [4.78, 5) is 0. The summed E-state index contributed by atoms with van der Waals surface area (Å²) in [5.74, 6) is 2.43. The van der Waals surface area contributed by atoms with E-state index in [4.69, 9.17) is 4.42 Å². The topological polar surface area (TPSA) is 40.8 Å². The molecule has 2 aliphatic rings. The van der Waals surface area contributed by atoms with Gasteiger partial charge in [0, 0.05) is 28.5 Å². The predicted octanol–water partition coefficient (Wildman–Crippen LogP) is 9.00. The first-order chi connectivity index (χ1) is 19.1. The second-order valence-corrected chi connectivity index (χ2v) is 11.8. The Balaban J connectivity index is 1.39. The molecule has 2 saturated carbocycles. The average Bonchev–Trinajstić information content (AvgIpc) is 3.35. The van der Waals surface area contributed by atoms with Gasteiger partial charge in [-0.1, -0.05) is 62.1 Å². The first-order valence-electron chi connectivity index (χ1n) is 14.6. The number of benzene rings is 3. The van der Waals surface area contributed by atoms with Crippen LogP contribution in [0.25, 0.3) is 44.3 Å². The molecule has 2 heterocycles. The van der Waals surface area contributed by atoms with Crippen molar-refractivity contribution in [3.63, 3.8) is 0 Å². The van der Waals surface area contributed by atoms with Crippen molar-refractivity contribution in [2.75, 3.05) is 0 Å². The molecule has 2 aliphatic carbocycles. The summed E-state index contributed by atoms with van der Waals surface area (Å²) >= 11 is 0. The monoisotopic (exact) mass is 511 g/mol. The first kappa shape index (κ1) is 24.2. The van der Waals surface area contributed by atoms with E-state index in [2.05, 4.69) is 85.4 Å². The van der Waals surface area contributed by atoms with Gasteiger partial charge >= 0.3 is 0 Å². The molecule has 5 aromatic rings. The zero-order valence-electron chi connectivity index (χ0n) is 22.9. The fraction of sp³-hybridized carbons (Fsp3) is 0.333. The summed E-state index contributed by atoms with van der Waals surface area (Å²) < 4.78 is 8.93. The number of hydrogen-bond donors (Lipinski definition) is 0. The molecule has 3 nitrogen and oxygen atoms in total. The van der Waals surface area contributed by atoms with E-state index in [0.29, 0.717) is 11.5 Å². The van der Waals surface area contributed by atoms with Crippen LogP contribution in [0.15, 0.2) is 77.3 Å². The number of furan rings is 1. The molecule has 7 rings (SSSR count). The fourth-order valence-electron chi connectivity index (χ4n) is 7.61. The summed E-state index contributed by atoms with van der Waals surface area (Å²) in [5.41, 5.74) is 9.17. The van der Waals surface area contributed by atoms with Crippen molar-refractivity contribution in [1.82, 2.24) is 0 Å². The number of pyridine rings is 1. The number of aryl methyl sites for hydroxylation is 2. The molecule has 0 spiro atoms. The van der Waals surface area contributed by atoms with E-state index in [1.807, 2.05) is 12.1 Å². The van der Waals surface area contributed by atoms with E-state index in [-0.39, 0.29) is 0 Å². The maximum atomic E-state index is 10.2. The van der Waals surface area contributed by atoms with Gasteiger partial charge in [0.25, 0.3) is 0 Å². The molecule has 0 amide bonds. The number of aromatic nitrogens is 1. The highest BCUT2D eigenvalue weighted by molar-refractivity contribution is 6.14. The summed E-state index contributed by atoms with van der Waals surface area (Å²) in [7, 11) is 2.07. The maximum absolute atomic E-state index is 10.2. The van der Waals surface area contributed by atoms with Crippen LogP contribution in [0.4, 0.5) is 0 Å². The molecule has 0 aliphatic heterocycles. The third-order valence-electron chi connectivity index (χ3n) is 9.64. The lowest BCUT2D eigenvalue weighted by Crippen LogP contribution is -2.30. The minimum absolute atomic E-state index is 0.608. The molecule has 2 fully saturated rings. The second-order valence-electron chi connectivity index (χ2n) is 11.8. The predicted molar refractivity (Wildman–Crippen MR) is 157 cm³/mol. The zero-order chi connectivity index (χ0) is 26.5. The van der Waals surface area contributed by atoms with Gasteiger partial charge in [-0.25, -0.2) is 4.57 Å². The van der Waals surface area contributed by atoms with Crippen LogP contribution in [-0.4, -0.2) is 0 Å². The lowest BCUT2D eigenvalue weighted by Gasteiger charge is -2.39. The average molecular weight is 512 g/mol. The molecule has 3 aromatic carbocycles. The molecule has 194 valence electrons. The smallest absolute Gasteiger partial charge is 0.216 e. The summed E-state index contributed by atoms with van der Waals surface area (Å²) in [5, 5.41) is 12.3. The number of rotatable bonds is 3. The summed E-state index contributed by atoms with van der Waals surface area (Å²) in [6.07, 6.45) is 11.7. The van der Waals surface area contributed by atoms with Crippen molar-refractivity contribution < 1.29 is 8.98 Å². The SMILES string of the molecule is Cc1ccc2c(oc3c(-c4cccc(C5CCC6CCCCC6C5)c4)c(C#N)ccc32)c1-c1cccc[n+]1C. The van der Waals surface area contributed by atoms with E-state index < -0.39 is 0 Å². The number of fused-ring (bicyclic) bond motifs is 4. The van der Waals surface area contributed by atoms with E-state index in [1.54, 1.807) is 0 Å². The molecule has 2 aromatic heterocycles. The Labute approximate surface area is 230 Å². The van der Waals surface area contributed by atoms with Crippen LogP contribution in [0.1, 0.15) is 67.6 Å². The minimum Gasteiger partial charge on any atom is -0.454 e. The Morgan fingerprint density at radius 1 is 0.821 bits per heavy atom. The normalized spacial score (nSPS) is 21.1. The standard InChI is InChI=1S/C36H35N2O/c1-23-13-17-30-31-18-16-29(22-37)34(36(31)39-35(30)33(23)32-12-5-6-19-38(32)2)28-11-7-10-26(21-28)27-15-14-24-8-3-4-9-25(24)20-27/h5-7,10-13,16-19,21,24-25,27H,3-4,8-9,14-15,20H2,1-2H3/q+1. The van der Waals surface area contributed by atoms with Crippen LogP contribution < -0.4 is 4.57 Å². The quantitative estimate of drug-likeness (QED) is 0.227. The molecule has 3 atom stereocenters. The molecule has 0 N–H and O–H groups in total. The highest BCUT2D eigenvalue weighted by Crippen LogP contribution is 2.47. The first-order valence-corrected chi connectivity index (χ1v) is 14.6. The van der Waals surface area contributed by atoms with Gasteiger partial charge in [0.1, 0.15) is 18.2 Å². The Kier molecular flexibility index (Phi) is 6.00. The van der Waals surface area contributed by atoms with Gasteiger partial charge in [-0.05, 0) is 78.8 Å². The molecule has 0 saturated heterocycles. The molecular weight excluding hydrogens is 476 g/mol. The Hall–Kier alpha value is -3.90. The van der Waals surface area contributed by atoms with Crippen LogP contribution in [-0.2, 0) is 7.05 Å². The Morgan fingerprint density at radius 2 is 1.62 bits per heavy atom. The largest absolute Gasteiger partial charge is 0.454 e. The van der Waals surface area contributed by atoms with Crippen LogP contribution in [0.2, 0.25) is 0 Å². The molecule has 3 heteroatoms. The molecule has 3 unspecified atom stereocenters. The summed E-state index contributed by atoms with van der Waals surface area (Å²) in [6, 6.07) is 26.1. The maximum Gasteiger partial charge on any atom is 0.216 e. The summed E-state index contributed by atoms with van der Waals surface area (Å²) in [6.45, 7) is 2.14.